The van der Waals surface area contributed by atoms with Crippen molar-refractivity contribution in [3.8, 4) is 0 Å². The van der Waals surface area contributed by atoms with Gasteiger partial charge in [0, 0.05) is 19.5 Å². The average molecular weight is 657 g/mol. The molecule has 0 unspecified atom stereocenters. The molecule has 47 heavy (non-hydrogen) atoms. The number of carbonyl (C=O) groups excluding carboxylic acids is 1. The maximum absolute atomic E-state index is 13.5. The molecule has 0 aliphatic carbocycles. The van der Waals surface area contributed by atoms with Gasteiger partial charge in [-0.15, -0.1) is 0 Å². The van der Waals surface area contributed by atoms with Crippen LogP contribution < -0.4 is 5.32 Å². The van der Waals surface area contributed by atoms with Crippen molar-refractivity contribution in [1.82, 2.24) is 20.0 Å². The van der Waals surface area contributed by atoms with E-state index in [0.717, 1.165) is 39.0 Å². The van der Waals surface area contributed by atoms with E-state index in [4.69, 9.17) is 0 Å². The van der Waals surface area contributed by atoms with E-state index in [0.29, 0.717) is 12.3 Å². The van der Waals surface area contributed by atoms with Gasteiger partial charge in [-0.2, -0.15) is 0 Å². The van der Waals surface area contributed by atoms with E-state index in [1.807, 2.05) is 0 Å². The summed E-state index contributed by atoms with van der Waals surface area (Å²) in [6, 6.07) is 10.6. The summed E-state index contributed by atoms with van der Waals surface area (Å²) in [5.41, 5.74) is 1.25. The second kappa shape index (κ2) is 33.1. The minimum atomic E-state index is 0.351. The molecule has 0 spiro atoms. The summed E-state index contributed by atoms with van der Waals surface area (Å²) in [6.45, 7) is 16.8. The molecule has 0 heterocycles. The van der Waals surface area contributed by atoms with Crippen LogP contribution in [-0.2, 0) is 11.3 Å². The Morgan fingerprint density at radius 2 is 0.936 bits per heavy atom. The highest BCUT2D eigenvalue weighted by atomic mass is 16.2. The van der Waals surface area contributed by atoms with Crippen molar-refractivity contribution in [1.29, 1.82) is 0 Å². The van der Waals surface area contributed by atoms with Gasteiger partial charge < -0.3 is 20.0 Å². The van der Waals surface area contributed by atoms with Crippen LogP contribution in [0.15, 0.2) is 30.3 Å². The summed E-state index contributed by atoms with van der Waals surface area (Å²) in [5.74, 6) is 0.351. The number of hydrogen-bond donors (Lipinski definition) is 1. The summed E-state index contributed by atoms with van der Waals surface area (Å²) in [6.07, 6.45) is 27.9. The van der Waals surface area contributed by atoms with Crippen LogP contribution in [0.4, 0.5) is 0 Å². The standard InChI is InChI=1S/C42H80N4O/c1-5-8-11-14-15-16-17-18-22-31-42(47)46(40-41-29-20-19-21-30-41)39-28-38-45(34-24-13-10-7-3)36-26-25-35-44(37-27-32-43-4)33-23-12-9-6-2/h19-21,29-30,43H,5-18,22-28,31-40H2,1-4H3. The molecule has 0 bridgehead atoms. The number of nitrogens with zero attached hydrogens (tertiary/aromatic N) is 3. The second-order valence-electron chi connectivity index (χ2n) is 14.2. The quantitative estimate of drug-likeness (QED) is 0.0738. The fourth-order valence-electron chi connectivity index (χ4n) is 6.67. The Morgan fingerprint density at radius 3 is 1.45 bits per heavy atom. The van der Waals surface area contributed by atoms with Gasteiger partial charge in [0.1, 0.15) is 0 Å². The maximum atomic E-state index is 13.5. The molecule has 0 radical (unpaired) electrons. The first-order chi connectivity index (χ1) is 23.1. The average Bonchev–Trinajstić information content (AvgIpc) is 3.09. The van der Waals surface area contributed by atoms with Crippen molar-refractivity contribution in [2.45, 2.75) is 169 Å². The predicted molar refractivity (Wildman–Crippen MR) is 207 cm³/mol. The summed E-state index contributed by atoms with van der Waals surface area (Å²) >= 11 is 0. The molecule has 0 aliphatic heterocycles. The number of hydrogen-bond acceptors (Lipinski definition) is 4. The van der Waals surface area contributed by atoms with Gasteiger partial charge in [-0.3, -0.25) is 4.79 Å². The predicted octanol–water partition coefficient (Wildman–Crippen LogP) is 10.5. The largest absolute Gasteiger partial charge is 0.338 e. The molecule has 0 aromatic heterocycles. The lowest BCUT2D eigenvalue weighted by Gasteiger charge is -2.27. The van der Waals surface area contributed by atoms with Crippen LogP contribution in [0.2, 0.25) is 0 Å². The fraction of sp³-hybridized carbons (Fsp3) is 0.833. The van der Waals surface area contributed by atoms with E-state index >= 15 is 0 Å². The molecule has 5 heteroatoms. The summed E-state index contributed by atoms with van der Waals surface area (Å²) in [5, 5.41) is 3.32. The van der Waals surface area contributed by atoms with Gasteiger partial charge in [0.15, 0.2) is 0 Å². The van der Waals surface area contributed by atoms with Crippen molar-refractivity contribution in [3.05, 3.63) is 35.9 Å². The molecule has 0 atom stereocenters. The van der Waals surface area contributed by atoms with Crippen LogP contribution in [0.5, 0.6) is 0 Å². The number of benzene rings is 1. The van der Waals surface area contributed by atoms with E-state index in [2.05, 4.69) is 78.2 Å². The number of unbranched alkanes of at least 4 members (excludes halogenated alkanes) is 15. The lowest BCUT2D eigenvalue weighted by Crippen LogP contribution is -2.35. The molecule has 1 aromatic rings. The van der Waals surface area contributed by atoms with Crippen molar-refractivity contribution >= 4 is 5.91 Å². The van der Waals surface area contributed by atoms with E-state index in [1.54, 1.807) is 0 Å². The van der Waals surface area contributed by atoms with Crippen LogP contribution in [0.1, 0.15) is 168 Å². The SMILES string of the molecule is CCCCCCCCCCCC(=O)N(CCCN(CCCCCC)CCCCN(CCCCCC)CCCNC)Cc1ccccc1. The summed E-state index contributed by atoms with van der Waals surface area (Å²) in [4.78, 5) is 21.1. The molecule has 0 aliphatic rings. The van der Waals surface area contributed by atoms with Crippen LogP contribution in [0, 0.1) is 0 Å². The molecule has 1 amide bonds. The molecule has 0 saturated carbocycles. The number of nitrogens with one attached hydrogen (secondary N) is 1. The number of rotatable bonds is 35. The zero-order valence-electron chi connectivity index (χ0n) is 32.1. The lowest BCUT2D eigenvalue weighted by atomic mass is 10.1. The van der Waals surface area contributed by atoms with Crippen LogP contribution in [0.3, 0.4) is 0 Å². The first-order valence-corrected chi connectivity index (χ1v) is 20.6. The van der Waals surface area contributed by atoms with E-state index in [-0.39, 0.29) is 0 Å². The maximum Gasteiger partial charge on any atom is 0.222 e. The Bertz CT molecular complexity index is 788. The Balaban J connectivity index is 2.59. The zero-order valence-corrected chi connectivity index (χ0v) is 32.1. The normalized spacial score (nSPS) is 11.6. The van der Waals surface area contributed by atoms with Gasteiger partial charge in [0.05, 0.1) is 0 Å². The minimum absolute atomic E-state index is 0.351. The van der Waals surface area contributed by atoms with Crippen molar-refractivity contribution in [2.75, 3.05) is 59.4 Å². The van der Waals surface area contributed by atoms with Gasteiger partial charge in [-0.1, -0.05) is 141 Å². The van der Waals surface area contributed by atoms with E-state index < -0.39 is 0 Å². The third-order valence-electron chi connectivity index (χ3n) is 9.72. The van der Waals surface area contributed by atoms with Crippen molar-refractivity contribution < 1.29 is 4.79 Å². The molecule has 1 N–H and O–H groups in total. The molecule has 1 rings (SSSR count). The van der Waals surface area contributed by atoms with Crippen LogP contribution in [0.25, 0.3) is 0 Å². The lowest BCUT2D eigenvalue weighted by molar-refractivity contribution is -0.132. The van der Waals surface area contributed by atoms with Crippen molar-refractivity contribution in [2.24, 2.45) is 0 Å². The van der Waals surface area contributed by atoms with Crippen LogP contribution >= 0.6 is 0 Å². The third kappa shape index (κ3) is 26.2. The Kier molecular flexibility index (Phi) is 30.7. The third-order valence-corrected chi connectivity index (χ3v) is 9.72. The highest BCUT2D eigenvalue weighted by molar-refractivity contribution is 5.76. The number of carbonyl (C=O) groups is 1. The minimum Gasteiger partial charge on any atom is -0.338 e. The Morgan fingerprint density at radius 1 is 0.511 bits per heavy atom. The Labute approximate surface area is 294 Å². The summed E-state index contributed by atoms with van der Waals surface area (Å²) in [7, 11) is 2.06. The highest BCUT2D eigenvalue weighted by Gasteiger charge is 2.15. The highest BCUT2D eigenvalue weighted by Crippen LogP contribution is 2.14. The van der Waals surface area contributed by atoms with E-state index in [1.165, 1.54) is 160 Å². The van der Waals surface area contributed by atoms with Gasteiger partial charge in [0.2, 0.25) is 5.91 Å². The van der Waals surface area contributed by atoms with Gasteiger partial charge >= 0.3 is 0 Å². The van der Waals surface area contributed by atoms with E-state index in [9.17, 15) is 4.79 Å². The smallest absolute Gasteiger partial charge is 0.222 e. The molecule has 0 saturated heterocycles. The molecule has 0 fully saturated rings. The monoisotopic (exact) mass is 657 g/mol. The van der Waals surface area contributed by atoms with Gasteiger partial charge in [-0.05, 0) is 103 Å². The molecule has 1 aromatic carbocycles. The van der Waals surface area contributed by atoms with Gasteiger partial charge in [0.25, 0.3) is 0 Å². The topological polar surface area (TPSA) is 38.8 Å². The van der Waals surface area contributed by atoms with Gasteiger partial charge in [-0.25, -0.2) is 0 Å². The number of amides is 1. The first-order valence-electron chi connectivity index (χ1n) is 20.6. The summed E-state index contributed by atoms with van der Waals surface area (Å²) < 4.78 is 0. The first kappa shape index (κ1) is 43.6. The molecule has 5 nitrogen and oxygen atoms in total. The fourth-order valence-corrected chi connectivity index (χ4v) is 6.67. The zero-order chi connectivity index (χ0) is 34.0. The Hall–Kier alpha value is -1.43. The molecule has 274 valence electrons. The second-order valence-corrected chi connectivity index (χ2v) is 14.2. The molecular weight excluding hydrogens is 576 g/mol. The van der Waals surface area contributed by atoms with Crippen molar-refractivity contribution in [3.63, 3.8) is 0 Å². The van der Waals surface area contributed by atoms with Crippen LogP contribution in [-0.4, -0.2) is 80.0 Å². The molecular formula is C42H80N4O.